The number of nitrogens with zero attached hydrogens (tertiary/aromatic N) is 1. The van der Waals surface area contributed by atoms with Crippen molar-refractivity contribution in [2.24, 2.45) is 5.73 Å². The Morgan fingerprint density at radius 2 is 1.90 bits per heavy atom. The minimum Gasteiger partial charge on any atom is -0.491 e. The van der Waals surface area contributed by atoms with Crippen LogP contribution in [-0.2, 0) is 0 Å². The number of hydrogen-bond acceptors (Lipinski definition) is 3. The Bertz CT molecular complexity index is 603. The molecule has 112 valence electrons. The molecule has 3 nitrogen and oxygen atoms in total. The van der Waals surface area contributed by atoms with Gasteiger partial charge in [0.25, 0.3) is 0 Å². The molecule has 3 heteroatoms. The van der Waals surface area contributed by atoms with Crippen LogP contribution in [0.1, 0.15) is 31.4 Å². The molecule has 1 heterocycles. The van der Waals surface area contributed by atoms with Crippen LogP contribution in [0.2, 0.25) is 0 Å². The van der Waals surface area contributed by atoms with E-state index in [1.165, 1.54) is 31.3 Å². The largest absolute Gasteiger partial charge is 0.491 e. The maximum absolute atomic E-state index is 6.15. The Kier molecular flexibility index (Phi) is 4.42. The summed E-state index contributed by atoms with van der Waals surface area (Å²) in [6, 6.07) is 12.6. The van der Waals surface area contributed by atoms with Gasteiger partial charge in [-0.3, -0.25) is 4.90 Å². The van der Waals surface area contributed by atoms with Gasteiger partial charge in [0.2, 0.25) is 0 Å². The zero-order chi connectivity index (χ0) is 14.7. The van der Waals surface area contributed by atoms with Gasteiger partial charge in [0.05, 0.1) is 0 Å². The van der Waals surface area contributed by atoms with Gasteiger partial charge in [-0.15, -0.1) is 0 Å². The third kappa shape index (κ3) is 3.20. The van der Waals surface area contributed by atoms with Crippen LogP contribution >= 0.6 is 0 Å². The molecule has 1 fully saturated rings. The quantitative estimate of drug-likeness (QED) is 0.915. The van der Waals surface area contributed by atoms with Gasteiger partial charge < -0.3 is 10.5 Å². The number of ether oxygens (including phenoxy) is 1. The van der Waals surface area contributed by atoms with Gasteiger partial charge in [0.15, 0.2) is 0 Å². The Hall–Kier alpha value is -1.58. The molecule has 1 saturated heterocycles. The molecule has 0 bridgehead atoms. The van der Waals surface area contributed by atoms with Crippen molar-refractivity contribution < 1.29 is 4.74 Å². The smallest absolute Gasteiger partial charge is 0.131 e. The van der Waals surface area contributed by atoms with Crippen molar-refractivity contribution in [3.8, 4) is 5.75 Å². The molecule has 2 aromatic rings. The Morgan fingerprint density at radius 1 is 1.14 bits per heavy atom. The third-order valence-electron chi connectivity index (χ3n) is 4.25. The second kappa shape index (κ2) is 6.46. The van der Waals surface area contributed by atoms with Crippen LogP contribution in [-0.4, -0.2) is 31.1 Å². The van der Waals surface area contributed by atoms with E-state index < -0.39 is 0 Å². The van der Waals surface area contributed by atoms with Crippen molar-refractivity contribution in [3.63, 3.8) is 0 Å². The van der Waals surface area contributed by atoms with Crippen LogP contribution in [0, 0.1) is 0 Å². The Labute approximate surface area is 126 Å². The van der Waals surface area contributed by atoms with E-state index in [-0.39, 0.29) is 6.04 Å². The van der Waals surface area contributed by atoms with Crippen molar-refractivity contribution in [3.05, 3.63) is 42.0 Å². The summed E-state index contributed by atoms with van der Waals surface area (Å²) in [5.41, 5.74) is 7.20. The molecule has 2 N–H and O–H groups in total. The molecule has 0 aromatic heterocycles. The van der Waals surface area contributed by atoms with Crippen molar-refractivity contribution in [2.75, 3.05) is 26.2 Å². The molecule has 1 aliphatic heterocycles. The zero-order valence-corrected chi connectivity index (χ0v) is 12.7. The highest BCUT2D eigenvalue weighted by Crippen LogP contribution is 2.32. The third-order valence-corrected chi connectivity index (χ3v) is 4.25. The molecule has 1 aliphatic rings. The number of hydrogen-bond donors (Lipinski definition) is 1. The molecule has 0 radical (unpaired) electrons. The first-order valence-corrected chi connectivity index (χ1v) is 7.88. The first-order valence-electron chi connectivity index (χ1n) is 7.88. The maximum Gasteiger partial charge on any atom is 0.131 e. The van der Waals surface area contributed by atoms with E-state index in [0.717, 1.165) is 29.9 Å². The normalized spacial score (nSPS) is 17.2. The minimum absolute atomic E-state index is 0.0172. The zero-order valence-electron chi connectivity index (χ0n) is 12.7. The summed E-state index contributed by atoms with van der Waals surface area (Å²) in [4.78, 5) is 2.47. The van der Waals surface area contributed by atoms with Crippen molar-refractivity contribution >= 4 is 10.8 Å². The molecular weight excluding hydrogens is 260 g/mol. The van der Waals surface area contributed by atoms with Gasteiger partial charge >= 0.3 is 0 Å². The van der Waals surface area contributed by atoms with E-state index in [9.17, 15) is 0 Å². The second-order valence-corrected chi connectivity index (χ2v) is 5.89. The summed E-state index contributed by atoms with van der Waals surface area (Å²) in [6.45, 7) is 6.16. The van der Waals surface area contributed by atoms with Gasteiger partial charge in [-0.2, -0.15) is 0 Å². The summed E-state index contributed by atoms with van der Waals surface area (Å²) in [5.74, 6) is 0.960. The van der Waals surface area contributed by atoms with E-state index in [0.29, 0.717) is 0 Å². The fourth-order valence-corrected chi connectivity index (χ4v) is 3.06. The molecule has 21 heavy (non-hydrogen) atoms. The Morgan fingerprint density at radius 3 is 2.67 bits per heavy atom. The predicted molar refractivity (Wildman–Crippen MR) is 87.7 cm³/mol. The Balaban J connectivity index is 1.82. The van der Waals surface area contributed by atoms with Crippen molar-refractivity contribution in [1.82, 2.24) is 4.90 Å². The van der Waals surface area contributed by atoms with Crippen LogP contribution in [0.25, 0.3) is 10.8 Å². The van der Waals surface area contributed by atoms with E-state index in [2.05, 4.69) is 41.3 Å². The van der Waals surface area contributed by atoms with E-state index in [4.69, 9.17) is 10.5 Å². The van der Waals surface area contributed by atoms with Gasteiger partial charge in [0, 0.05) is 23.5 Å². The maximum atomic E-state index is 6.15. The van der Waals surface area contributed by atoms with Crippen LogP contribution in [0.15, 0.2) is 36.4 Å². The van der Waals surface area contributed by atoms with Crippen molar-refractivity contribution in [2.45, 2.75) is 25.8 Å². The summed E-state index contributed by atoms with van der Waals surface area (Å²) < 4.78 is 6.15. The first-order chi connectivity index (χ1) is 10.3. The number of rotatable bonds is 5. The lowest BCUT2D eigenvalue weighted by Crippen LogP contribution is -2.25. The van der Waals surface area contributed by atoms with E-state index >= 15 is 0 Å². The predicted octanol–water partition coefficient (Wildman–Crippen LogP) is 3.33. The van der Waals surface area contributed by atoms with Gasteiger partial charge in [-0.25, -0.2) is 0 Å². The van der Waals surface area contributed by atoms with Crippen LogP contribution in [0.5, 0.6) is 5.75 Å². The molecule has 3 rings (SSSR count). The second-order valence-electron chi connectivity index (χ2n) is 5.89. The minimum atomic E-state index is -0.0172. The summed E-state index contributed by atoms with van der Waals surface area (Å²) in [7, 11) is 0. The highest BCUT2D eigenvalue weighted by Gasteiger charge is 2.14. The standard InChI is InChI=1S/C18H24N2O/c1-14(19)16-9-8-15-6-2-3-7-17(15)18(16)21-13-12-20-10-4-5-11-20/h2-3,6-9,14H,4-5,10-13,19H2,1H3/t14-/m0/s1. The van der Waals surface area contributed by atoms with E-state index in [1.54, 1.807) is 0 Å². The summed E-state index contributed by atoms with van der Waals surface area (Å²) >= 11 is 0. The topological polar surface area (TPSA) is 38.5 Å². The number of likely N-dealkylation sites (tertiary alicyclic amines) is 1. The molecule has 2 aromatic carbocycles. The first kappa shape index (κ1) is 14.4. The fraction of sp³-hybridized carbons (Fsp3) is 0.444. The monoisotopic (exact) mass is 284 g/mol. The van der Waals surface area contributed by atoms with Gasteiger partial charge in [-0.05, 0) is 38.2 Å². The van der Waals surface area contributed by atoms with Crippen LogP contribution in [0.4, 0.5) is 0 Å². The van der Waals surface area contributed by atoms with Crippen LogP contribution < -0.4 is 10.5 Å². The van der Waals surface area contributed by atoms with E-state index in [1.807, 2.05) is 6.92 Å². The molecule has 0 amide bonds. The molecule has 0 spiro atoms. The van der Waals surface area contributed by atoms with Gasteiger partial charge in [-0.1, -0.05) is 36.4 Å². The summed E-state index contributed by atoms with van der Waals surface area (Å²) in [6.07, 6.45) is 2.64. The average Bonchev–Trinajstić information content (AvgIpc) is 3.00. The van der Waals surface area contributed by atoms with Gasteiger partial charge in [0.1, 0.15) is 12.4 Å². The number of nitrogens with two attached hydrogens (primary N) is 1. The van der Waals surface area contributed by atoms with Crippen LogP contribution in [0.3, 0.4) is 0 Å². The lowest BCUT2D eigenvalue weighted by atomic mass is 10.0. The summed E-state index contributed by atoms with van der Waals surface area (Å²) in [5, 5.41) is 2.37. The van der Waals surface area contributed by atoms with Crippen molar-refractivity contribution in [1.29, 1.82) is 0 Å². The molecule has 0 saturated carbocycles. The average molecular weight is 284 g/mol. The lowest BCUT2D eigenvalue weighted by molar-refractivity contribution is 0.237. The highest BCUT2D eigenvalue weighted by molar-refractivity contribution is 5.89. The lowest BCUT2D eigenvalue weighted by Gasteiger charge is -2.19. The fourth-order valence-electron chi connectivity index (χ4n) is 3.06. The molecule has 0 unspecified atom stereocenters. The number of fused-ring (bicyclic) bond motifs is 1. The number of benzene rings is 2. The highest BCUT2D eigenvalue weighted by atomic mass is 16.5. The molecular formula is C18H24N2O. The SMILES string of the molecule is C[C@H](N)c1ccc2ccccc2c1OCCN1CCCC1. The molecule has 0 aliphatic carbocycles. The molecule has 1 atom stereocenters.